The van der Waals surface area contributed by atoms with E-state index < -0.39 is 0 Å². The molecule has 1 aromatic carbocycles. The topological polar surface area (TPSA) is 80.5 Å². The maximum atomic E-state index is 12.4. The second kappa shape index (κ2) is 6.29. The van der Waals surface area contributed by atoms with Gasteiger partial charge in [0.1, 0.15) is 12.4 Å². The Morgan fingerprint density at radius 2 is 2.17 bits per heavy atom. The van der Waals surface area contributed by atoms with Gasteiger partial charge in [-0.1, -0.05) is 23.4 Å². The number of hydrogen-bond donors (Lipinski definition) is 1. The van der Waals surface area contributed by atoms with Crippen LogP contribution >= 0.6 is 0 Å². The predicted molar refractivity (Wildman–Crippen MR) is 87.6 cm³/mol. The van der Waals surface area contributed by atoms with E-state index in [-0.39, 0.29) is 12.5 Å². The fourth-order valence-electron chi connectivity index (χ4n) is 2.76. The SMILES string of the molecule is O=C(CN1CCOc2ccccc2C1)Nc1noc2ncccc12. The highest BCUT2D eigenvalue weighted by atomic mass is 16.5. The molecule has 0 atom stereocenters. The highest BCUT2D eigenvalue weighted by molar-refractivity contribution is 5.98. The number of anilines is 1. The van der Waals surface area contributed by atoms with Gasteiger partial charge in [-0.25, -0.2) is 4.98 Å². The van der Waals surface area contributed by atoms with E-state index in [0.29, 0.717) is 36.6 Å². The number of pyridine rings is 1. The van der Waals surface area contributed by atoms with E-state index >= 15 is 0 Å². The normalized spacial score (nSPS) is 14.7. The molecule has 0 saturated carbocycles. The Hall–Kier alpha value is -2.93. The van der Waals surface area contributed by atoms with Crippen molar-refractivity contribution in [3.05, 3.63) is 48.2 Å². The number of ether oxygens (including phenoxy) is 1. The van der Waals surface area contributed by atoms with Crippen LogP contribution in [0.4, 0.5) is 5.82 Å². The monoisotopic (exact) mass is 324 g/mol. The number of carbonyl (C=O) groups is 1. The van der Waals surface area contributed by atoms with Gasteiger partial charge in [-0.15, -0.1) is 0 Å². The van der Waals surface area contributed by atoms with E-state index in [1.807, 2.05) is 35.2 Å². The minimum atomic E-state index is -0.145. The Balaban J connectivity index is 1.44. The number of amides is 1. The molecule has 1 aliphatic rings. The van der Waals surface area contributed by atoms with E-state index in [9.17, 15) is 4.79 Å². The molecule has 0 fully saturated rings. The molecule has 3 heterocycles. The first kappa shape index (κ1) is 14.6. The van der Waals surface area contributed by atoms with E-state index in [0.717, 1.165) is 11.3 Å². The van der Waals surface area contributed by atoms with E-state index in [1.165, 1.54) is 0 Å². The molecule has 0 radical (unpaired) electrons. The van der Waals surface area contributed by atoms with Crippen molar-refractivity contribution < 1.29 is 14.1 Å². The molecule has 1 N–H and O–H groups in total. The van der Waals surface area contributed by atoms with Crippen LogP contribution in [0.15, 0.2) is 47.1 Å². The van der Waals surface area contributed by atoms with E-state index in [1.54, 1.807) is 12.3 Å². The summed E-state index contributed by atoms with van der Waals surface area (Å²) in [4.78, 5) is 18.4. The molecule has 24 heavy (non-hydrogen) atoms. The van der Waals surface area contributed by atoms with Gasteiger partial charge in [-0.3, -0.25) is 9.69 Å². The zero-order valence-corrected chi connectivity index (χ0v) is 12.9. The van der Waals surface area contributed by atoms with E-state index in [4.69, 9.17) is 9.26 Å². The van der Waals surface area contributed by atoms with Crippen LogP contribution < -0.4 is 10.1 Å². The number of carbonyl (C=O) groups excluding carboxylic acids is 1. The van der Waals surface area contributed by atoms with Crippen molar-refractivity contribution in [2.75, 3.05) is 25.0 Å². The summed E-state index contributed by atoms with van der Waals surface area (Å²) in [6.07, 6.45) is 1.62. The number of nitrogens with zero attached hydrogens (tertiary/aromatic N) is 3. The zero-order valence-electron chi connectivity index (χ0n) is 12.9. The molecular weight excluding hydrogens is 308 g/mol. The summed E-state index contributed by atoms with van der Waals surface area (Å²) in [6, 6.07) is 11.5. The molecule has 2 aromatic heterocycles. The third-order valence-corrected chi connectivity index (χ3v) is 3.91. The van der Waals surface area contributed by atoms with Crippen LogP contribution in [0.25, 0.3) is 11.1 Å². The minimum Gasteiger partial charge on any atom is -0.492 e. The lowest BCUT2D eigenvalue weighted by Gasteiger charge is -2.18. The summed E-state index contributed by atoms with van der Waals surface area (Å²) in [5, 5.41) is 7.35. The van der Waals surface area contributed by atoms with Gasteiger partial charge in [0.2, 0.25) is 5.91 Å². The van der Waals surface area contributed by atoms with Gasteiger partial charge in [0.15, 0.2) is 5.82 Å². The number of rotatable bonds is 3. The molecule has 7 nitrogen and oxygen atoms in total. The zero-order chi connectivity index (χ0) is 16.4. The average Bonchev–Trinajstić information content (AvgIpc) is 2.87. The Kier molecular flexibility index (Phi) is 3.84. The van der Waals surface area contributed by atoms with Crippen molar-refractivity contribution in [2.45, 2.75) is 6.54 Å². The van der Waals surface area contributed by atoms with Crippen LogP contribution in [0, 0.1) is 0 Å². The largest absolute Gasteiger partial charge is 0.492 e. The third kappa shape index (κ3) is 2.93. The number of para-hydroxylation sites is 1. The van der Waals surface area contributed by atoms with Gasteiger partial charge < -0.3 is 14.6 Å². The van der Waals surface area contributed by atoms with Crippen molar-refractivity contribution in [1.82, 2.24) is 15.0 Å². The molecular formula is C17H16N4O3. The maximum absolute atomic E-state index is 12.4. The Morgan fingerprint density at radius 1 is 1.25 bits per heavy atom. The standard InChI is InChI=1S/C17H16N4O3/c22-15(19-16-13-5-3-7-18-17(13)24-20-16)11-21-8-9-23-14-6-2-1-4-12(14)10-21/h1-7H,8-11H2,(H,19,20,22). The average molecular weight is 324 g/mol. The fraction of sp³-hybridized carbons (Fsp3) is 0.235. The number of fused-ring (bicyclic) bond motifs is 2. The van der Waals surface area contributed by atoms with Gasteiger partial charge in [0.25, 0.3) is 5.71 Å². The Morgan fingerprint density at radius 3 is 3.12 bits per heavy atom. The van der Waals surface area contributed by atoms with E-state index in [2.05, 4.69) is 15.5 Å². The van der Waals surface area contributed by atoms with Crippen LogP contribution in [0.1, 0.15) is 5.56 Å². The van der Waals surface area contributed by atoms with Crippen LogP contribution in [0.3, 0.4) is 0 Å². The van der Waals surface area contributed by atoms with Crippen LogP contribution in [0.5, 0.6) is 5.75 Å². The minimum absolute atomic E-state index is 0.145. The molecule has 4 rings (SSSR count). The molecule has 0 aliphatic carbocycles. The third-order valence-electron chi connectivity index (χ3n) is 3.91. The molecule has 1 aliphatic heterocycles. The van der Waals surface area contributed by atoms with Crippen molar-refractivity contribution in [3.8, 4) is 5.75 Å². The fourth-order valence-corrected chi connectivity index (χ4v) is 2.76. The predicted octanol–water partition coefficient (Wildman–Crippen LogP) is 2.06. The molecule has 3 aromatic rings. The van der Waals surface area contributed by atoms with Crippen LogP contribution in [-0.4, -0.2) is 40.6 Å². The number of benzene rings is 1. The molecule has 0 unspecified atom stereocenters. The first-order valence-corrected chi connectivity index (χ1v) is 7.73. The summed E-state index contributed by atoms with van der Waals surface area (Å²) in [7, 11) is 0. The summed E-state index contributed by atoms with van der Waals surface area (Å²) in [5.74, 6) is 1.14. The number of nitrogens with one attached hydrogen (secondary N) is 1. The molecule has 0 saturated heterocycles. The Labute approximate surface area is 138 Å². The smallest absolute Gasteiger partial charge is 0.259 e. The lowest BCUT2D eigenvalue weighted by molar-refractivity contribution is -0.117. The molecule has 122 valence electrons. The lowest BCUT2D eigenvalue weighted by atomic mass is 10.2. The highest BCUT2D eigenvalue weighted by Gasteiger charge is 2.19. The van der Waals surface area contributed by atoms with Crippen molar-refractivity contribution in [2.24, 2.45) is 0 Å². The first-order chi connectivity index (χ1) is 11.8. The second-order valence-corrected chi connectivity index (χ2v) is 5.60. The number of aromatic nitrogens is 2. The molecule has 7 heteroatoms. The van der Waals surface area contributed by atoms with Gasteiger partial charge in [-0.2, -0.15) is 0 Å². The summed E-state index contributed by atoms with van der Waals surface area (Å²) in [5.41, 5.74) is 1.49. The quantitative estimate of drug-likeness (QED) is 0.794. The summed E-state index contributed by atoms with van der Waals surface area (Å²) in [6.45, 7) is 2.17. The van der Waals surface area contributed by atoms with Gasteiger partial charge in [-0.05, 0) is 18.2 Å². The van der Waals surface area contributed by atoms with Crippen molar-refractivity contribution in [1.29, 1.82) is 0 Å². The van der Waals surface area contributed by atoms with Gasteiger partial charge >= 0.3 is 0 Å². The maximum Gasteiger partial charge on any atom is 0.259 e. The second-order valence-electron chi connectivity index (χ2n) is 5.60. The first-order valence-electron chi connectivity index (χ1n) is 7.73. The van der Waals surface area contributed by atoms with Crippen molar-refractivity contribution >= 4 is 22.8 Å². The lowest BCUT2D eigenvalue weighted by Crippen LogP contribution is -2.34. The molecule has 1 amide bonds. The number of hydrogen-bond acceptors (Lipinski definition) is 6. The molecule has 0 spiro atoms. The van der Waals surface area contributed by atoms with Crippen LogP contribution in [-0.2, 0) is 11.3 Å². The highest BCUT2D eigenvalue weighted by Crippen LogP contribution is 2.23. The Bertz CT molecular complexity index is 877. The molecule has 0 bridgehead atoms. The summed E-state index contributed by atoms with van der Waals surface area (Å²) < 4.78 is 10.8. The van der Waals surface area contributed by atoms with Gasteiger partial charge in [0.05, 0.1) is 11.9 Å². The van der Waals surface area contributed by atoms with Crippen LogP contribution in [0.2, 0.25) is 0 Å². The summed E-state index contributed by atoms with van der Waals surface area (Å²) >= 11 is 0. The van der Waals surface area contributed by atoms with Crippen molar-refractivity contribution in [3.63, 3.8) is 0 Å². The van der Waals surface area contributed by atoms with Gasteiger partial charge in [0, 0.05) is 24.8 Å².